The van der Waals surface area contributed by atoms with Gasteiger partial charge in [-0.1, -0.05) is 19.8 Å². The monoisotopic (exact) mass is 658 g/mol. The van der Waals surface area contributed by atoms with Gasteiger partial charge in [-0.15, -0.1) is 0 Å². The Morgan fingerprint density at radius 1 is 1.37 bits per heavy atom. The van der Waals surface area contributed by atoms with E-state index in [1.54, 1.807) is 0 Å². The molecule has 2 heterocycles. The van der Waals surface area contributed by atoms with Crippen LogP contribution in [0.1, 0.15) is 39.3 Å². The van der Waals surface area contributed by atoms with Gasteiger partial charge >= 0.3 is 47.1 Å². The molecular weight excluding hydrogens is 631 g/mol. The third-order valence-electron chi connectivity index (χ3n) is 3.86. The van der Waals surface area contributed by atoms with E-state index in [9.17, 15) is 24.2 Å². The minimum atomic E-state index is -1.41. The molecule has 4 atom stereocenters. The number of nitrogens with zero attached hydrogens (tertiary/aromatic N) is 2. The summed E-state index contributed by atoms with van der Waals surface area (Å²) in [6.45, 7) is 3.68. The molecule has 1 aliphatic rings. The summed E-state index contributed by atoms with van der Waals surface area (Å²) in [4.78, 5) is 27.0. The molecule has 15 heteroatoms. The first kappa shape index (κ1) is 31.3. The molecule has 180 valence electrons. The number of carbonyl (C=O) groups excluding carboxylic acids is 1. The van der Waals surface area contributed by atoms with Crippen LogP contribution in [0, 0.1) is 5.82 Å². The normalized spacial score (nSPS) is 22.2. The molecule has 0 aromatic carbocycles. The molecule has 0 saturated carbocycles. The van der Waals surface area contributed by atoms with Crippen LogP contribution in [0.2, 0.25) is 0 Å². The van der Waals surface area contributed by atoms with Crippen LogP contribution in [-0.2, 0) is 26.0 Å². The Morgan fingerprint density at radius 3 is 2.47 bits per heavy atom. The molecule has 1 aromatic heterocycles. The van der Waals surface area contributed by atoms with Gasteiger partial charge in [0.1, 0.15) is 12.2 Å². The van der Waals surface area contributed by atoms with Gasteiger partial charge < -0.3 is 32.0 Å². The zero-order chi connectivity index (χ0) is 21.3. The number of hydrogen-bond acceptors (Lipinski definition) is 9. The Bertz CT molecular complexity index is 704. The van der Waals surface area contributed by atoms with Gasteiger partial charge in [0.2, 0.25) is 0 Å². The summed E-state index contributed by atoms with van der Waals surface area (Å²) in [6, 6.07) is 0. The van der Waals surface area contributed by atoms with E-state index in [1.807, 2.05) is 6.92 Å². The van der Waals surface area contributed by atoms with Crippen LogP contribution < -0.4 is 23.3 Å². The molecule has 0 unspecified atom stereocenters. The van der Waals surface area contributed by atoms with Crippen LogP contribution >= 0.6 is 18.8 Å². The van der Waals surface area contributed by atoms with Gasteiger partial charge in [-0.3, -0.25) is 9.88 Å². The number of aromatic nitrogens is 2. The van der Waals surface area contributed by atoms with E-state index in [2.05, 4.69) is 10.3 Å². The predicted molar refractivity (Wildman–Crippen MR) is 106 cm³/mol. The summed E-state index contributed by atoms with van der Waals surface area (Å²) in [5.41, 5.74) is -0.951. The third kappa shape index (κ3) is 9.11. The number of unbranched alkanes of at least 4 members (excludes halogenated alkanes) is 2. The molecule has 2 rings (SSSR count). The van der Waals surface area contributed by atoms with Gasteiger partial charge in [-0.05, 0) is 13.3 Å². The van der Waals surface area contributed by atoms with Crippen molar-refractivity contribution in [3.8, 4) is 0 Å². The van der Waals surface area contributed by atoms with Crippen LogP contribution in [-0.4, -0.2) is 50.8 Å². The molecule has 1 saturated heterocycles. The van der Waals surface area contributed by atoms with Crippen molar-refractivity contribution in [3.63, 3.8) is 0 Å². The molecule has 1 amide bonds. The minimum absolute atomic E-state index is 0. The Labute approximate surface area is 189 Å². The molecule has 1 aliphatic heterocycles. The van der Waals surface area contributed by atoms with E-state index >= 15 is 0 Å². The van der Waals surface area contributed by atoms with E-state index in [0.717, 1.165) is 23.6 Å². The Hall–Kier alpha value is -0.852. The van der Waals surface area contributed by atoms with E-state index in [1.165, 1.54) is 6.92 Å². The van der Waals surface area contributed by atoms with Crippen molar-refractivity contribution >= 4 is 30.7 Å². The SMILES string of the molecule is CCCCCOC(=O)Nc1nc(=O)n([C@@H]2O[C@H](C)[C@@H](O)[C@H]2O)cc1F.N.N.[Cl][Pt][Cl]. The molecule has 0 radical (unpaired) electrons. The van der Waals surface area contributed by atoms with E-state index in [0.29, 0.717) is 6.42 Å². The van der Waals surface area contributed by atoms with E-state index < -0.39 is 64.4 Å². The molecule has 1 aromatic rings. The summed E-state index contributed by atoms with van der Waals surface area (Å²) in [7, 11) is 9.75. The number of aliphatic hydroxyl groups is 2. The van der Waals surface area contributed by atoms with Crippen LogP contribution in [0.5, 0.6) is 0 Å². The summed E-state index contributed by atoms with van der Waals surface area (Å²) in [6.07, 6.45) is -2.25. The van der Waals surface area contributed by atoms with E-state index in [4.69, 9.17) is 28.3 Å². The number of aliphatic hydroxyl groups excluding tert-OH is 2. The van der Waals surface area contributed by atoms with Gasteiger partial charge in [-0.2, -0.15) is 4.98 Å². The number of anilines is 1. The average Bonchev–Trinajstić information content (AvgIpc) is 2.89. The maximum absolute atomic E-state index is 14.1. The first-order valence-electron chi connectivity index (χ1n) is 8.33. The van der Waals surface area contributed by atoms with Gasteiger partial charge in [0, 0.05) is 0 Å². The molecule has 11 nitrogen and oxygen atoms in total. The Kier molecular flexibility index (Phi) is 16.6. The molecule has 0 aliphatic carbocycles. The van der Waals surface area contributed by atoms with Crippen molar-refractivity contribution in [1.29, 1.82) is 0 Å². The number of rotatable bonds is 6. The van der Waals surface area contributed by atoms with Crippen molar-refractivity contribution in [2.24, 2.45) is 0 Å². The van der Waals surface area contributed by atoms with Gasteiger partial charge in [-0.25, -0.2) is 14.0 Å². The second-order valence-corrected chi connectivity index (χ2v) is 9.14. The quantitative estimate of drug-likeness (QED) is 0.286. The van der Waals surface area contributed by atoms with Crippen LogP contribution in [0.25, 0.3) is 0 Å². The summed E-state index contributed by atoms with van der Waals surface area (Å²) in [5, 5.41) is 21.6. The number of hydrogen-bond donors (Lipinski definition) is 5. The first-order chi connectivity index (χ1) is 13.3. The van der Waals surface area contributed by atoms with Gasteiger partial charge in [0.15, 0.2) is 17.9 Å². The number of nitrogens with one attached hydrogen (secondary N) is 1. The summed E-state index contributed by atoms with van der Waals surface area (Å²) in [5.74, 6) is -1.59. The van der Waals surface area contributed by atoms with Crippen molar-refractivity contribution < 1.29 is 45.4 Å². The Morgan fingerprint density at radius 2 is 1.97 bits per heavy atom. The third-order valence-corrected chi connectivity index (χ3v) is 3.86. The van der Waals surface area contributed by atoms with Crippen molar-refractivity contribution in [3.05, 3.63) is 22.5 Å². The number of amides is 1. The van der Waals surface area contributed by atoms with Crippen molar-refractivity contribution in [2.75, 3.05) is 11.9 Å². The van der Waals surface area contributed by atoms with Crippen LogP contribution in [0.15, 0.2) is 11.0 Å². The molecule has 1 fully saturated rings. The molecular formula is C15H28Cl2FN5O6Pt. The van der Waals surface area contributed by atoms with Gasteiger partial charge in [0.05, 0.1) is 18.9 Å². The predicted octanol–water partition coefficient (Wildman–Crippen LogP) is 2.46. The fraction of sp³-hybridized carbons (Fsp3) is 0.667. The van der Waals surface area contributed by atoms with Crippen molar-refractivity contribution in [2.45, 2.75) is 57.6 Å². The maximum atomic E-state index is 14.1. The number of halogens is 3. The topological polar surface area (TPSA) is 193 Å². The average molecular weight is 659 g/mol. The van der Waals surface area contributed by atoms with Crippen LogP contribution in [0.3, 0.4) is 0 Å². The number of ether oxygens (including phenoxy) is 2. The van der Waals surface area contributed by atoms with Crippen molar-refractivity contribution in [1.82, 2.24) is 21.9 Å². The zero-order valence-corrected chi connectivity index (χ0v) is 20.3. The first-order valence-corrected chi connectivity index (χ1v) is 14.0. The summed E-state index contributed by atoms with van der Waals surface area (Å²) < 4.78 is 24.9. The fourth-order valence-corrected chi connectivity index (χ4v) is 2.42. The standard InChI is InChI=1S/C15H22FN3O6.2ClH.2H3N.Pt/c1-3-4-5-6-24-15(23)18-12-9(16)7-19(14(22)17-12)13-11(21)10(20)8(2)25-13;;;;;/h7-8,10-11,13,20-21H,3-6H2,1-2H3,(H,17,18,22,23);2*1H;2*1H3;/q;;;;;+2/p-2/t8-,10-,11-,13-;;;;;/m1...../s1. The van der Waals surface area contributed by atoms with Crippen LogP contribution in [0.4, 0.5) is 15.0 Å². The Balaban J connectivity index is 0. The molecule has 9 N–H and O–H groups in total. The zero-order valence-electron chi connectivity index (χ0n) is 16.5. The fourth-order valence-electron chi connectivity index (χ4n) is 2.42. The second-order valence-electron chi connectivity index (χ2n) is 5.85. The molecule has 30 heavy (non-hydrogen) atoms. The number of carbonyl (C=O) groups is 1. The molecule has 0 spiro atoms. The second kappa shape index (κ2) is 15.9. The summed E-state index contributed by atoms with van der Waals surface area (Å²) >= 11 is -0.472. The van der Waals surface area contributed by atoms with E-state index in [-0.39, 0.29) is 18.9 Å². The molecule has 0 bridgehead atoms. The van der Waals surface area contributed by atoms with Gasteiger partial charge in [0.25, 0.3) is 0 Å².